The minimum absolute atomic E-state index is 0.0695. The van der Waals surface area contributed by atoms with Gasteiger partial charge in [-0.3, -0.25) is 9.69 Å². The van der Waals surface area contributed by atoms with Crippen LogP contribution in [0.2, 0.25) is 10.0 Å². The van der Waals surface area contributed by atoms with Crippen molar-refractivity contribution >= 4 is 40.5 Å². The molecule has 152 valence electrons. The van der Waals surface area contributed by atoms with Gasteiger partial charge in [0.05, 0.1) is 23.5 Å². The summed E-state index contributed by atoms with van der Waals surface area (Å²) in [6, 6.07) is 12.5. The smallest absolute Gasteiger partial charge is 0.224 e. The molecule has 1 aliphatic heterocycles. The molecule has 2 aromatic carbocycles. The van der Waals surface area contributed by atoms with Crippen molar-refractivity contribution in [2.24, 2.45) is 5.41 Å². The van der Waals surface area contributed by atoms with Crippen LogP contribution in [0.4, 0.5) is 11.4 Å². The number of carbonyl (C=O) groups excluding carboxylic acids is 1. The van der Waals surface area contributed by atoms with Crippen molar-refractivity contribution in [3.05, 3.63) is 69.3 Å². The third-order valence-corrected chi connectivity index (χ3v) is 6.27. The zero-order chi connectivity index (χ0) is 20.9. The van der Waals surface area contributed by atoms with E-state index in [1.807, 2.05) is 30.3 Å². The number of rotatable bonds is 1. The number of amides is 1. The molecule has 6 heteroatoms. The number of carbonyl (C=O) groups is 1. The van der Waals surface area contributed by atoms with Crippen LogP contribution in [0.1, 0.15) is 45.2 Å². The summed E-state index contributed by atoms with van der Waals surface area (Å²) < 4.78 is 0. The highest BCUT2D eigenvalue weighted by molar-refractivity contribution is 6.35. The molecule has 4 nitrogen and oxygen atoms in total. The van der Waals surface area contributed by atoms with Crippen LogP contribution in [0.3, 0.4) is 0 Å². The highest BCUT2D eigenvalue weighted by Crippen LogP contribution is 2.50. The molecular weight excluding hydrogens is 407 g/mol. The van der Waals surface area contributed by atoms with Gasteiger partial charge in [-0.25, -0.2) is 0 Å². The Bertz CT molecular complexity index is 1020. The van der Waals surface area contributed by atoms with Crippen LogP contribution >= 0.6 is 23.2 Å². The molecule has 0 radical (unpaired) electrons. The average molecular weight is 431 g/mol. The van der Waals surface area contributed by atoms with Crippen molar-refractivity contribution in [2.75, 3.05) is 10.2 Å². The van der Waals surface area contributed by atoms with Gasteiger partial charge in [-0.1, -0.05) is 55.2 Å². The lowest BCUT2D eigenvalue weighted by atomic mass is 9.72. The lowest BCUT2D eigenvalue weighted by Gasteiger charge is -2.40. The second-order valence-electron chi connectivity index (χ2n) is 8.59. The highest BCUT2D eigenvalue weighted by Gasteiger charge is 2.43. The van der Waals surface area contributed by atoms with Crippen molar-refractivity contribution in [1.82, 2.24) is 0 Å². The summed E-state index contributed by atoms with van der Waals surface area (Å²) in [5.74, 6) is -0.124. The van der Waals surface area contributed by atoms with E-state index in [0.717, 1.165) is 34.6 Å². The van der Waals surface area contributed by atoms with E-state index in [2.05, 4.69) is 19.2 Å². The number of halogens is 2. The number of para-hydroxylation sites is 2. The van der Waals surface area contributed by atoms with Crippen molar-refractivity contribution in [3.63, 3.8) is 0 Å². The molecule has 2 aromatic rings. The maximum Gasteiger partial charge on any atom is 0.224 e. The van der Waals surface area contributed by atoms with Gasteiger partial charge in [0, 0.05) is 28.2 Å². The Labute approximate surface area is 181 Å². The maximum atomic E-state index is 12.9. The van der Waals surface area contributed by atoms with Crippen LogP contribution < -0.4 is 10.2 Å². The Morgan fingerprint density at radius 1 is 1.21 bits per heavy atom. The molecule has 2 atom stereocenters. The summed E-state index contributed by atoms with van der Waals surface area (Å²) in [5.41, 5.74) is 4.01. The fourth-order valence-electron chi connectivity index (χ4n) is 4.56. The first-order valence-electron chi connectivity index (χ1n) is 9.70. The van der Waals surface area contributed by atoms with Crippen LogP contribution in [0.25, 0.3) is 0 Å². The lowest BCUT2D eigenvalue weighted by Crippen LogP contribution is -2.40. The molecule has 0 bridgehead atoms. The van der Waals surface area contributed by atoms with E-state index in [0.29, 0.717) is 16.5 Å². The van der Waals surface area contributed by atoms with Crippen LogP contribution in [0.15, 0.2) is 53.7 Å². The Morgan fingerprint density at radius 3 is 2.62 bits per heavy atom. The van der Waals surface area contributed by atoms with E-state index in [4.69, 9.17) is 23.2 Å². The van der Waals surface area contributed by atoms with Gasteiger partial charge in [0.2, 0.25) is 5.91 Å². The number of allylic oxidation sites excluding steroid dienone is 1. The van der Waals surface area contributed by atoms with E-state index < -0.39 is 12.1 Å². The molecule has 0 fully saturated rings. The number of anilines is 2. The summed E-state index contributed by atoms with van der Waals surface area (Å²) in [6.07, 6.45) is 0.674. The van der Waals surface area contributed by atoms with Gasteiger partial charge in [-0.2, -0.15) is 0 Å². The zero-order valence-electron chi connectivity index (χ0n) is 16.7. The first-order chi connectivity index (χ1) is 13.7. The van der Waals surface area contributed by atoms with Crippen molar-refractivity contribution < 1.29 is 9.90 Å². The minimum Gasteiger partial charge on any atom is -0.389 e. The van der Waals surface area contributed by atoms with Gasteiger partial charge in [-0.05, 0) is 48.1 Å². The quantitative estimate of drug-likeness (QED) is 0.587. The van der Waals surface area contributed by atoms with Crippen molar-refractivity contribution in [2.45, 2.75) is 45.8 Å². The maximum absolute atomic E-state index is 12.9. The molecule has 1 heterocycles. The Hall–Kier alpha value is -2.01. The van der Waals surface area contributed by atoms with Gasteiger partial charge >= 0.3 is 0 Å². The van der Waals surface area contributed by atoms with Gasteiger partial charge in [0.25, 0.3) is 0 Å². The van der Waals surface area contributed by atoms with E-state index in [1.165, 1.54) is 6.92 Å². The number of aliphatic hydroxyl groups is 1. The molecule has 2 N–H and O–H groups in total. The number of hydrogen-bond donors (Lipinski definition) is 2. The number of benzene rings is 2. The third-order valence-electron chi connectivity index (χ3n) is 5.71. The minimum atomic E-state index is -0.700. The highest BCUT2D eigenvalue weighted by atomic mass is 35.5. The zero-order valence-corrected chi connectivity index (χ0v) is 18.2. The van der Waals surface area contributed by atoms with Crippen LogP contribution in [-0.4, -0.2) is 17.1 Å². The fraction of sp³-hybridized carbons (Fsp3) is 0.348. The molecule has 0 spiro atoms. The first-order valence-corrected chi connectivity index (χ1v) is 10.5. The van der Waals surface area contributed by atoms with Crippen molar-refractivity contribution in [1.29, 1.82) is 0 Å². The number of fused-ring (bicyclic) bond motifs is 1. The van der Waals surface area contributed by atoms with E-state index >= 15 is 0 Å². The molecule has 4 rings (SSSR count). The van der Waals surface area contributed by atoms with E-state index in [1.54, 1.807) is 17.0 Å². The SMILES string of the molecule is CC(=O)N1c2ccccc2NC2=C(C(O)CC(C)(C)C2)C1c1ccc(Cl)cc1Cl. The second-order valence-corrected chi connectivity index (χ2v) is 9.44. The van der Waals surface area contributed by atoms with Crippen LogP contribution in [0.5, 0.6) is 0 Å². The largest absolute Gasteiger partial charge is 0.389 e. The molecule has 0 saturated carbocycles. The molecule has 2 unspecified atom stereocenters. The molecular formula is C23H24Cl2N2O2. The van der Waals surface area contributed by atoms with E-state index in [-0.39, 0.29) is 11.3 Å². The van der Waals surface area contributed by atoms with Gasteiger partial charge < -0.3 is 10.4 Å². The fourth-order valence-corrected chi connectivity index (χ4v) is 5.07. The molecule has 0 saturated heterocycles. The van der Waals surface area contributed by atoms with Crippen LogP contribution in [0, 0.1) is 5.41 Å². The molecule has 29 heavy (non-hydrogen) atoms. The molecule has 0 aromatic heterocycles. The first kappa shape index (κ1) is 20.3. The Morgan fingerprint density at radius 2 is 1.93 bits per heavy atom. The predicted octanol–water partition coefficient (Wildman–Crippen LogP) is 5.95. The number of nitrogens with one attached hydrogen (secondary N) is 1. The standard InChI is InChI=1S/C23H24Cl2N2O2/c1-13(28)27-19-7-5-4-6-17(19)26-18-11-23(2,3)12-20(29)21(18)22(27)15-9-8-14(24)10-16(15)25/h4-10,20,22,26,29H,11-12H2,1-3H3. The average Bonchev–Trinajstić information content (AvgIpc) is 2.74. The summed E-state index contributed by atoms with van der Waals surface area (Å²) in [5, 5.41) is 15.7. The summed E-state index contributed by atoms with van der Waals surface area (Å²) in [7, 11) is 0. The monoisotopic (exact) mass is 430 g/mol. The second kappa shape index (κ2) is 7.35. The van der Waals surface area contributed by atoms with Gasteiger partial charge in [0.15, 0.2) is 0 Å². The molecule has 1 amide bonds. The Balaban J connectivity index is 2.02. The number of hydrogen-bond acceptors (Lipinski definition) is 3. The molecule has 2 aliphatic rings. The Kier molecular flexibility index (Phi) is 5.14. The van der Waals surface area contributed by atoms with Gasteiger partial charge in [-0.15, -0.1) is 0 Å². The number of aliphatic hydroxyl groups excluding tert-OH is 1. The van der Waals surface area contributed by atoms with Gasteiger partial charge in [0.1, 0.15) is 0 Å². The lowest BCUT2D eigenvalue weighted by molar-refractivity contribution is -0.117. The van der Waals surface area contributed by atoms with Crippen molar-refractivity contribution in [3.8, 4) is 0 Å². The topological polar surface area (TPSA) is 52.6 Å². The summed E-state index contributed by atoms with van der Waals surface area (Å²) in [4.78, 5) is 14.6. The van der Waals surface area contributed by atoms with E-state index in [9.17, 15) is 9.90 Å². The van der Waals surface area contributed by atoms with Crippen LogP contribution in [-0.2, 0) is 4.79 Å². The summed E-state index contributed by atoms with van der Waals surface area (Å²) in [6.45, 7) is 5.83. The normalized spacial score (nSPS) is 23.0. The third kappa shape index (κ3) is 3.65. The summed E-state index contributed by atoms with van der Waals surface area (Å²) >= 11 is 12.7. The number of nitrogens with zero attached hydrogens (tertiary/aromatic N) is 1. The molecule has 1 aliphatic carbocycles. The predicted molar refractivity (Wildman–Crippen MR) is 118 cm³/mol.